The number of aliphatic hydroxyl groups excluding tert-OH is 1. The summed E-state index contributed by atoms with van der Waals surface area (Å²) < 4.78 is 0. The van der Waals surface area contributed by atoms with Crippen LogP contribution in [0.25, 0.3) is 0 Å². The first-order valence-corrected chi connectivity index (χ1v) is 12.3. The van der Waals surface area contributed by atoms with Crippen LogP contribution in [-0.4, -0.2) is 11.2 Å². The normalized spacial score (nSPS) is 12.6. The van der Waals surface area contributed by atoms with Crippen molar-refractivity contribution in [2.75, 3.05) is 0 Å². The Hall–Kier alpha value is -0.0400. The summed E-state index contributed by atoms with van der Waals surface area (Å²) in [4.78, 5) is 0. The molecule has 0 fully saturated rings. The molecule has 0 aliphatic carbocycles. The maximum atomic E-state index is 9.10. The van der Waals surface area contributed by atoms with Gasteiger partial charge in [0.25, 0.3) is 0 Å². The Balaban J connectivity index is 2.97. The lowest BCUT2D eigenvalue weighted by atomic mass is 10.0. The van der Waals surface area contributed by atoms with Crippen molar-refractivity contribution in [2.45, 2.75) is 154 Å². The van der Waals surface area contributed by atoms with Gasteiger partial charge in [0.2, 0.25) is 0 Å². The first-order chi connectivity index (χ1) is 12.8. The highest BCUT2D eigenvalue weighted by molar-refractivity contribution is 4.57. The van der Waals surface area contributed by atoms with E-state index in [0.29, 0.717) is 0 Å². The van der Waals surface area contributed by atoms with Gasteiger partial charge in [-0.2, -0.15) is 0 Å². The van der Waals surface area contributed by atoms with Crippen LogP contribution in [0.1, 0.15) is 148 Å². The van der Waals surface area contributed by atoms with Crippen LogP contribution in [0.3, 0.4) is 0 Å². The molecule has 0 aliphatic heterocycles. The minimum atomic E-state index is -0.352. The maximum Gasteiger partial charge on any atom is 0.0541 e. The van der Waals surface area contributed by atoms with E-state index in [-0.39, 0.29) is 6.10 Å². The molecule has 0 aliphatic rings. The van der Waals surface area contributed by atoms with E-state index in [1.807, 2.05) is 0 Å². The summed E-state index contributed by atoms with van der Waals surface area (Å²) in [5, 5.41) is 9.10. The number of aliphatic hydroxyl groups is 1. The number of hydrogen-bond donors (Lipinski definition) is 1. The van der Waals surface area contributed by atoms with Crippen LogP contribution in [-0.2, 0) is 0 Å². The average molecular weight is 368 g/mol. The predicted octanol–water partition coefficient (Wildman–Crippen LogP) is 8.78. The van der Waals surface area contributed by atoms with Crippen molar-refractivity contribution < 1.29 is 5.11 Å². The molecule has 157 valence electrons. The second-order valence-electron chi connectivity index (χ2n) is 8.51. The molecule has 0 aromatic rings. The van der Waals surface area contributed by atoms with E-state index < -0.39 is 0 Å². The van der Waals surface area contributed by atoms with Gasteiger partial charge < -0.3 is 5.11 Å². The molecular weight excluding hydrogens is 316 g/mol. The van der Waals surface area contributed by atoms with Crippen LogP contribution < -0.4 is 0 Å². The van der Waals surface area contributed by atoms with Crippen molar-refractivity contribution in [1.29, 1.82) is 0 Å². The lowest BCUT2D eigenvalue weighted by Gasteiger charge is -2.05. The van der Waals surface area contributed by atoms with Gasteiger partial charge in [0, 0.05) is 0 Å². The van der Waals surface area contributed by atoms with Gasteiger partial charge >= 0.3 is 0 Å². The summed E-state index contributed by atoms with van der Waals surface area (Å²) in [5.74, 6) is 0. The quantitative estimate of drug-likeness (QED) is 0.189. The molecule has 1 N–H and O–H groups in total. The van der Waals surface area contributed by atoms with Gasteiger partial charge in [0.1, 0.15) is 0 Å². The smallest absolute Gasteiger partial charge is 0.0541 e. The highest BCUT2D eigenvalue weighted by Crippen LogP contribution is 2.15. The number of unbranched alkanes of at least 4 members (excludes halogenated alkanes) is 20. The molecule has 1 unspecified atom stereocenters. The third-order valence-electron chi connectivity index (χ3n) is 5.64. The van der Waals surface area contributed by atoms with Crippen LogP contribution in [0.2, 0.25) is 0 Å². The number of rotatable bonds is 22. The molecule has 0 saturated heterocycles. The van der Waals surface area contributed by atoms with Crippen LogP contribution >= 0.6 is 0 Å². The van der Waals surface area contributed by atoms with Crippen LogP contribution in [0.5, 0.6) is 0 Å². The molecule has 1 nitrogen and oxygen atoms in total. The predicted molar refractivity (Wildman–Crippen MR) is 119 cm³/mol. The largest absolute Gasteiger partial charge is 0.393 e. The van der Waals surface area contributed by atoms with Crippen molar-refractivity contribution in [1.82, 2.24) is 0 Å². The zero-order valence-corrected chi connectivity index (χ0v) is 18.3. The summed E-state index contributed by atoms with van der Waals surface area (Å²) in [6.45, 7) is 5.91. The fourth-order valence-electron chi connectivity index (χ4n) is 3.81. The second-order valence-corrected chi connectivity index (χ2v) is 8.51. The highest BCUT2D eigenvalue weighted by atomic mass is 16.3. The van der Waals surface area contributed by atoms with Crippen molar-refractivity contribution in [2.24, 2.45) is 0 Å². The van der Waals surface area contributed by atoms with E-state index in [1.54, 1.807) is 0 Å². The summed E-state index contributed by atoms with van der Waals surface area (Å²) in [7, 11) is 0. The van der Waals surface area contributed by atoms with Crippen molar-refractivity contribution in [3.05, 3.63) is 6.92 Å². The molecule has 1 heteroatoms. The van der Waals surface area contributed by atoms with E-state index in [9.17, 15) is 0 Å². The monoisotopic (exact) mass is 367 g/mol. The highest BCUT2D eigenvalue weighted by Gasteiger charge is 1.97. The fourth-order valence-corrected chi connectivity index (χ4v) is 3.81. The maximum absolute atomic E-state index is 9.10. The van der Waals surface area contributed by atoms with E-state index in [2.05, 4.69) is 13.8 Å². The topological polar surface area (TPSA) is 20.2 Å². The van der Waals surface area contributed by atoms with Gasteiger partial charge in [-0.05, 0) is 13.3 Å². The Morgan fingerprint density at radius 1 is 0.462 bits per heavy atom. The molecule has 0 aromatic heterocycles. The Bertz CT molecular complexity index is 236. The SMILES string of the molecule is [CH2]C(O)CCCCCCCCCCCCCCCCCCCCCCC. The third-order valence-corrected chi connectivity index (χ3v) is 5.64. The Labute approximate surface area is 166 Å². The van der Waals surface area contributed by atoms with Gasteiger partial charge in [-0.15, -0.1) is 0 Å². The molecule has 0 rings (SSSR count). The molecule has 0 spiro atoms. The van der Waals surface area contributed by atoms with Crippen molar-refractivity contribution in [3.63, 3.8) is 0 Å². The average Bonchev–Trinajstić information content (AvgIpc) is 2.62. The molecular formula is C25H51O. The molecule has 0 amide bonds. The van der Waals surface area contributed by atoms with Crippen LogP contribution in [0, 0.1) is 6.92 Å². The lowest BCUT2D eigenvalue weighted by Crippen LogP contribution is -1.98. The summed E-state index contributed by atoms with van der Waals surface area (Å²) in [6, 6.07) is 0. The minimum Gasteiger partial charge on any atom is -0.393 e. The molecule has 26 heavy (non-hydrogen) atoms. The lowest BCUT2D eigenvalue weighted by molar-refractivity contribution is 0.205. The van der Waals surface area contributed by atoms with Crippen LogP contribution in [0.15, 0.2) is 0 Å². The number of hydrogen-bond acceptors (Lipinski definition) is 1. The van der Waals surface area contributed by atoms with Gasteiger partial charge in [0.15, 0.2) is 0 Å². The minimum absolute atomic E-state index is 0.352. The zero-order chi connectivity index (χ0) is 19.1. The molecule has 0 heterocycles. The third kappa shape index (κ3) is 24.0. The second kappa shape index (κ2) is 23.0. The van der Waals surface area contributed by atoms with E-state index in [1.165, 1.54) is 128 Å². The Morgan fingerprint density at radius 2 is 0.692 bits per heavy atom. The van der Waals surface area contributed by atoms with Crippen molar-refractivity contribution in [3.8, 4) is 0 Å². The van der Waals surface area contributed by atoms with E-state index in [4.69, 9.17) is 5.11 Å². The molecule has 1 atom stereocenters. The van der Waals surface area contributed by atoms with Gasteiger partial charge in [-0.1, -0.05) is 142 Å². The van der Waals surface area contributed by atoms with E-state index in [0.717, 1.165) is 12.8 Å². The Morgan fingerprint density at radius 3 is 0.923 bits per heavy atom. The molecule has 0 aromatic carbocycles. The van der Waals surface area contributed by atoms with E-state index >= 15 is 0 Å². The zero-order valence-electron chi connectivity index (χ0n) is 18.3. The van der Waals surface area contributed by atoms with Gasteiger partial charge in [-0.25, -0.2) is 0 Å². The Kier molecular flexibility index (Phi) is 23.0. The summed E-state index contributed by atoms with van der Waals surface area (Å²) in [6.07, 6.45) is 30.3. The molecule has 1 radical (unpaired) electrons. The fraction of sp³-hybridized carbons (Fsp3) is 0.960. The van der Waals surface area contributed by atoms with Gasteiger partial charge in [-0.3, -0.25) is 0 Å². The van der Waals surface area contributed by atoms with Crippen LogP contribution in [0.4, 0.5) is 0 Å². The summed E-state index contributed by atoms with van der Waals surface area (Å²) >= 11 is 0. The molecule has 0 saturated carbocycles. The standard InChI is InChI=1S/C25H51O/c1-3-4-5-6-7-8-9-10-11-12-13-14-15-16-17-18-19-20-21-22-23-24-25(2)26/h25-26H,2-24H2,1H3. The molecule has 0 bridgehead atoms. The first-order valence-electron chi connectivity index (χ1n) is 12.3. The first kappa shape index (κ1) is 26.0. The summed E-state index contributed by atoms with van der Waals surface area (Å²) in [5.41, 5.74) is 0. The van der Waals surface area contributed by atoms with Crippen molar-refractivity contribution >= 4 is 0 Å². The van der Waals surface area contributed by atoms with Gasteiger partial charge in [0.05, 0.1) is 6.10 Å².